The van der Waals surface area contributed by atoms with Gasteiger partial charge in [0, 0.05) is 25.6 Å². The Morgan fingerprint density at radius 1 is 1.22 bits per heavy atom. The molecule has 0 aliphatic carbocycles. The van der Waals surface area contributed by atoms with Crippen molar-refractivity contribution in [2.45, 2.75) is 32.0 Å². The Kier molecular flexibility index (Phi) is 4.58. The van der Waals surface area contributed by atoms with Gasteiger partial charge in [-0.05, 0) is 42.8 Å². The molecule has 2 aliphatic heterocycles. The van der Waals surface area contributed by atoms with Crippen LogP contribution in [0.3, 0.4) is 0 Å². The lowest BCUT2D eigenvalue weighted by Gasteiger charge is -2.45. The fourth-order valence-corrected chi connectivity index (χ4v) is 3.84. The summed E-state index contributed by atoms with van der Waals surface area (Å²) in [6.45, 7) is 3.86. The summed E-state index contributed by atoms with van der Waals surface area (Å²) in [6.07, 6.45) is 1.75. The highest BCUT2D eigenvalue weighted by Gasteiger charge is 2.43. The molecule has 1 saturated heterocycles. The quantitative estimate of drug-likeness (QED) is 0.877. The highest BCUT2D eigenvalue weighted by molar-refractivity contribution is 5.98. The molecule has 27 heavy (non-hydrogen) atoms. The molecule has 140 valence electrons. The molecule has 2 amide bonds. The van der Waals surface area contributed by atoms with Crippen molar-refractivity contribution >= 4 is 17.5 Å². The summed E-state index contributed by atoms with van der Waals surface area (Å²) in [5.41, 5.74) is 1.87. The summed E-state index contributed by atoms with van der Waals surface area (Å²) >= 11 is 0. The van der Waals surface area contributed by atoms with E-state index in [1.54, 1.807) is 6.07 Å². The van der Waals surface area contributed by atoms with Crippen LogP contribution in [0, 0.1) is 0 Å². The minimum atomic E-state index is -0.667. The first kappa shape index (κ1) is 17.5. The monoisotopic (exact) mass is 365 g/mol. The number of nitrogens with one attached hydrogen (secondary N) is 2. The maximum Gasteiger partial charge on any atom is 0.258 e. The molecule has 2 aromatic rings. The molecule has 2 aliphatic rings. The highest BCUT2D eigenvalue weighted by Crippen LogP contribution is 2.33. The van der Waals surface area contributed by atoms with Gasteiger partial charge in [-0.15, -0.1) is 0 Å². The van der Waals surface area contributed by atoms with Gasteiger partial charge in [-0.1, -0.05) is 24.3 Å². The van der Waals surface area contributed by atoms with Crippen molar-refractivity contribution < 1.29 is 14.3 Å². The molecule has 1 atom stereocenters. The smallest absolute Gasteiger partial charge is 0.258 e. The molecule has 6 heteroatoms. The van der Waals surface area contributed by atoms with Gasteiger partial charge < -0.3 is 15.4 Å². The predicted octanol–water partition coefficient (Wildman–Crippen LogP) is 2.76. The molecule has 2 aromatic carbocycles. The van der Waals surface area contributed by atoms with Crippen molar-refractivity contribution in [1.82, 2.24) is 10.2 Å². The number of anilines is 1. The Morgan fingerprint density at radius 2 is 2.00 bits per heavy atom. The molecule has 0 saturated carbocycles. The van der Waals surface area contributed by atoms with Gasteiger partial charge in [-0.3, -0.25) is 14.5 Å². The SMILES string of the molecule is CC(=O)Nc1ccc(CN2CCCC3(C2)NC(=O)c2ccccc2O3)cc1. The first-order valence-electron chi connectivity index (χ1n) is 9.22. The van der Waals surface area contributed by atoms with Crippen LogP contribution in [0.15, 0.2) is 48.5 Å². The number of carbonyl (C=O) groups is 2. The normalized spacial score (nSPS) is 21.9. The van der Waals surface area contributed by atoms with Gasteiger partial charge in [0.05, 0.1) is 12.1 Å². The van der Waals surface area contributed by atoms with Crippen LogP contribution in [0.2, 0.25) is 0 Å². The maximum absolute atomic E-state index is 12.5. The largest absolute Gasteiger partial charge is 0.466 e. The molecule has 0 radical (unpaired) electrons. The number of benzene rings is 2. The summed E-state index contributed by atoms with van der Waals surface area (Å²) in [4.78, 5) is 25.9. The zero-order valence-corrected chi connectivity index (χ0v) is 15.3. The van der Waals surface area contributed by atoms with Crippen LogP contribution in [0.4, 0.5) is 5.69 Å². The first-order valence-corrected chi connectivity index (χ1v) is 9.22. The summed E-state index contributed by atoms with van der Waals surface area (Å²) in [7, 11) is 0. The molecule has 0 bridgehead atoms. The van der Waals surface area contributed by atoms with Gasteiger partial charge >= 0.3 is 0 Å². The van der Waals surface area contributed by atoms with Crippen molar-refractivity contribution in [2.24, 2.45) is 0 Å². The molecule has 4 rings (SSSR count). The van der Waals surface area contributed by atoms with E-state index in [1.807, 2.05) is 42.5 Å². The lowest BCUT2D eigenvalue weighted by atomic mass is 9.97. The number of para-hydroxylation sites is 1. The topological polar surface area (TPSA) is 70.7 Å². The van der Waals surface area contributed by atoms with Gasteiger partial charge in [-0.25, -0.2) is 0 Å². The van der Waals surface area contributed by atoms with E-state index in [-0.39, 0.29) is 11.8 Å². The lowest BCUT2D eigenvalue weighted by Crippen LogP contribution is -2.63. The van der Waals surface area contributed by atoms with Crippen LogP contribution in [-0.2, 0) is 11.3 Å². The molecular weight excluding hydrogens is 342 g/mol. The second-order valence-electron chi connectivity index (χ2n) is 7.24. The van der Waals surface area contributed by atoms with Crippen molar-refractivity contribution in [2.75, 3.05) is 18.4 Å². The van der Waals surface area contributed by atoms with Crippen LogP contribution in [0.25, 0.3) is 0 Å². The van der Waals surface area contributed by atoms with Crippen molar-refractivity contribution in [3.05, 3.63) is 59.7 Å². The fourth-order valence-electron chi connectivity index (χ4n) is 3.84. The highest BCUT2D eigenvalue weighted by atomic mass is 16.5. The molecule has 2 N–H and O–H groups in total. The van der Waals surface area contributed by atoms with Gasteiger partial charge in [0.15, 0.2) is 5.72 Å². The van der Waals surface area contributed by atoms with E-state index in [4.69, 9.17) is 4.74 Å². The van der Waals surface area contributed by atoms with Crippen LogP contribution >= 0.6 is 0 Å². The molecule has 1 fully saturated rings. The number of hydrogen-bond donors (Lipinski definition) is 2. The molecular formula is C21H23N3O3. The average molecular weight is 365 g/mol. The number of carbonyl (C=O) groups excluding carboxylic acids is 2. The number of amides is 2. The predicted molar refractivity (Wildman–Crippen MR) is 103 cm³/mol. The van der Waals surface area contributed by atoms with Crippen molar-refractivity contribution in [3.8, 4) is 5.75 Å². The van der Waals surface area contributed by atoms with E-state index in [0.717, 1.165) is 37.2 Å². The van der Waals surface area contributed by atoms with E-state index in [9.17, 15) is 9.59 Å². The number of fused-ring (bicyclic) bond motifs is 1. The summed E-state index contributed by atoms with van der Waals surface area (Å²) in [5.74, 6) is 0.507. The summed E-state index contributed by atoms with van der Waals surface area (Å²) in [6, 6.07) is 15.2. The first-order chi connectivity index (χ1) is 13.0. The molecule has 6 nitrogen and oxygen atoms in total. The summed E-state index contributed by atoms with van der Waals surface area (Å²) in [5, 5.41) is 5.86. The van der Waals surface area contributed by atoms with Crippen LogP contribution in [-0.4, -0.2) is 35.5 Å². The molecule has 1 unspecified atom stereocenters. The minimum Gasteiger partial charge on any atom is -0.466 e. The fraction of sp³-hybridized carbons (Fsp3) is 0.333. The molecule has 2 heterocycles. The third-order valence-electron chi connectivity index (χ3n) is 4.99. The number of ether oxygens (including phenoxy) is 1. The van der Waals surface area contributed by atoms with Crippen LogP contribution in [0.1, 0.15) is 35.7 Å². The van der Waals surface area contributed by atoms with E-state index in [0.29, 0.717) is 17.9 Å². The number of hydrogen-bond acceptors (Lipinski definition) is 4. The van der Waals surface area contributed by atoms with Gasteiger partial charge in [0.2, 0.25) is 5.91 Å². The zero-order valence-electron chi connectivity index (χ0n) is 15.3. The number of rotatable bonds is 3. The zero-order chi connectivity index (χ0) is 18.9. The minimum absolute atomic E-state index is 0.0710. The Morgan fingerprint density at radius 3 is 2.78 bits per heavy atom. The van der Waals surface area contributed by atoms with Crippen molar-refractivity contribution in [3.63, 3.8) is 0 Å². The van der Waals surface area contributed by atoms with Crippen molar-refractivity contribution in [1.29, 1.82) is 0 Å². The third kappa shape index (κ3) is 3.80. The van der Waals surface area contributed by atoms with Gasteiger partial charge in [0.1, 0.15) is 5.75 Å². The Labute approximate surface area is 158 Å². The van der Waals surface area contributed by atoms with Gasteiger partial charge in [0.25, 0.3) is 5.91 Å². The van der Waals surface area contributed by atoms with E-state index in [1.165, 1.54) is 6.92 Å². The number of nitrogens with zero attached hydrogens (tertiary/aromatic N) is 1. The molecule has 1 spiro atoms. The second kappa shape index (κ2) is 7.04. The Hall–Kier alpha value is -2.86. The average Bonchev–Trinajstić information content (AvgIpc) is 2.63. The summed E-state index contributed by atoms with van der Waals surface area (Å²) < 4.78 is 6.24. The number of likely N-dealkylation sites (tertiary alicyclic amines) is 1. The Bertz CT molecular complexity index is 865. The van der Waals surface area contributed by atoms with E-state index in [2.05, 4.69) is 15.5 Å². The van der Waals surface area contributed by atoms with E-state index < -0.39 is 5.72 Å². The lowest BCUT2D eigenvalue weighted by molar-refractivity contribution is -0.114. The van der Waals surface area contributed by atoms with Gasteiger partial charge in [-0.2, -0.15) is 0 Å². The Balaban J connectivity index is 1.46. The maximum atomic E-state index is 12.5. The van der Waals surface area contributed by atoms with Crippen LogP contribution < -0.4 is 15.4 Å². The number of piperidine rings is 1. The second-order valence-corrected chi connectivity index (χ2v) is 7.24. The molecule has 0 aromatic heterocycles. The third-order valence-corrected chi connectivity index (χ3v) is 4.99. The van der Waals surface area contributed by atoms with Crippen LogP contribution in [0.5, 0.6) is 5.75 Å². The standard InChI is InChI=1S/C21H23N3O3/c1-15(25)22-17-9-7-16(8-10-17)13-24-12-4-11-21(14-24)23-20(26)18-5-2-3-6-19(18)27-21/h2-3,5-10H,4,11-14H2,1H3,(H,22,25)(H,23,26). The van der Waals surface area contributed by atoms with E-state index >= 15 is 0 Å².